The van der Waals surface area contributed by atoms with Crippen molar-refractivity contribution >= 4 is 0 Å². The fraction of sp³-hybridized carbons (Fsp3) is 0.412. The molecule has 1 aromatic carbocycles. The molecule has 0 aliphatic carbocycles. The number of hydrogen-bond acceptors (Lipinski definition) is 3. The molecular weight excluding hydrogens is 246 g/mol. The Labute approximate surface area is 121 Å². The van der Waals surface area contributed by atoms with E-state index in [1.807, 2.05) is 13.0 Å². The van der Waals surface area contributed by atoms with Crippen molar-refractivity contribution in [2.24, 2.45) is 11.7 Å². The topological polar surface area (TPSA) is 51.8 Å². The van der Waals surface area contributed by atoms with Gasteiger partial charge in [-0.15, -0.1) is 0 Å². The molecule has 0 aliphatic rings. The molecule has 3 nitrogen and oxygen atoms in total. The Morgan fingerprint density at radius 2 is 1.85 bits per heavy atom. The lowest BCUT2D eigenvalue weighted by Crippen LogP contribution is -2.20. The number of aromatic nitrogens is 2. The second-order valence-electron chi connectivity index (χ2n) is 5.71. The summed E-state index contributed by atoms with van der Waals surface area (Å²) in [5, 5.41) is 0. The van der Waals surface area contributed by atoms with E-state index in [0.717, 1.165) is 22.8 Å². The lowest BCUT2D eigenvalue weighted by atomic mass is 9.94. The Balaban J connectivity index is 2.48. The fourth-order valence-electron chi connectivity index (χ4n) is 2.39. The van der Waals surface area contributed by atoms with E-state index in [-0.39, 0.29) is 5.92 Å². The van der Waals surface area contributed by atoms with E-state index in [2.05, 4.69) is 50.0 Å². The summed E-state index contributed by atoms with van der Waals surface area (Å²) in [6, 6.07) is 10.4. The molecule has 1 aromatic heterocycles. The van der Waals surface area contributed by atoms with E-state index >= 15 is 0 Å². The van der Waals surface area contributed by atoms with E-state index in [4.69, 9.17) is 10.7 Å². The highest BCUT2D eigenvalue weighted by Gasteiger charge is 2.18. The lowest BCUT2D eigenvalue weighted by molar-refractivity contribution is 0.483. The normalized spacial score (nSPS) is 12.7. The van der Waals surface area contributed by atoms with E-state index < -0.39 is 0 Å². The van der Waals surface area contributed by atoms with Crippen molar-refractivity contribution < 1.29 is 0 Å². The molecule has 2 rings (SSSR count). The number of rotatable bonds is 4. The average Bonchev–Trinajstić information content (AvgIpc) is 2.38. The average molecular weight is 269 g/mol. The van der Waals surface area contributed by atoms with E-state index in [9.17, 15) is 0 Å². The van der Waals surface area contributed by atoms with Gasteiger partial charge in [-0.05, 0) is 31.9 Å². The van der Waals surface area contributed by atoms with Gasteiger partial charge in [0.2, 0.25) is 0 Å². The second-order valence-corrected chi connectivity index (χ2v) is 5.71. The first-order valence-electron chi connectivity index (χ1n) is 7.14. The molecule has 2 N–H and O–H groups in total. The summed E-state index contributed by atoms with van der Waals surface area (Å²) in [4.78, 5) is 9.33. The van der Waals surface area contributed by atoms with Gasteiger partial charge in [0, 0.05) is 23.7 Å². The molecule has 1 unspecified atom stereocenters. The number of nitrogens with zero attached hydrogens (tertiary/aromatic N) is 2. The van der Waals surface area contributed by atoms with Crippen LogP contribution in [0.3, 0.4) is 0 Å². The van der Waals surface area contributed by atoms with Gasteiger partial charge in [0.05, 0.1) is 5.69 Å². The van der Waals surface area contributed by atoms with Crippen LogP contribution in [0, 0.1) is 19.8 Å². The zero-order valence-electron chi connectivity index (χ0n) is 12.7. The molecule has 20 heavy (non-hydrogen) atoms. The van der Waals surface area contributed by atoms with Gasteiger partial charge >= 0.3 is 0 Å². The SMILES string of the molecule is Cc1cccc(-c2cc(C)nc(C(CN)C(C)C)n2)c1. The standard InChI is InChI=1S/C17H23N3/c1-11(2)15(10-18)17-19-13(4)9-16(20-17)14-7-5-6-12(3)8-14/h5-9,11,15H,10,18H2,1-4H3. The third kappa shape index (κ3) is 3.23. The van der Waals surface area contributed by atoms with Crippen LogP contribution in [0.4, 0.5) is 0 Å². The summed E-state index contributed by atoms with van der Waals surface area (Å²) < 4.78 is 0. The predicted molar refractivity (Wildman–Crippen MR) is 83.6 cm³/mol. The Kier molecular flexibility index (Phi) is 4.50. The highest BCUT2D eigenvalue weighted by molar-refractivity contribution is 5.60. The number of nitrogens with two attached hydrogens (primary N) is 1. The Hall–Kier alpha value is -1.74. The van der Waals surface area contributed by atoms with Gasteiger partial charge in [0.1, 0.15) is 5.82 Å². The van der Waals surface area contributed by atoms with Crippen LogP contribution in [0.1, 0.15) is 36.8 Å². The van der Waals surface area contributed by atoms with Gasteiger partial charge in [-0.1, -0.05) is 37.6 Å². The fourth-order valence-corrected chi connectivity index (χ4v) is 2.39. The monoisotopic (exact) mass is 269 g/mol. The molecule has 0 aliphatic heterocycles. The van der Waals surface area contributed by atoms with Crippen LogP contribution in [-0.4, -0.2) is 16.5 Å². The minimum absolute atomic E-state index is 0.207. The van der Waals surface area contributed by atoms with E-state index in [0.29, 0.717) is 12.5 Å². The maximum absolute atomic E-state index is 5.89. The van der Waals surface area contributed by atoms with Gasteiger partial charge in [0.25, 0.3) is 0 Å². The Bertz CT molecular complexity index is 591. The minimum atomic E-state index is 0.207. The van der Waals surface area contributed by atoms with Crippen LogP contribution in [0.25, 0.3) is 11.3 Å². The maximum Gasteiger partial charge on any atom is 0.133 e. The van der Waals surface area contributed by atoms with Crippen molar-refractivity contribution in [3.05, 3.63) is 47.4 Å². The highest BCUT2D eigenvalue weighted by atomic mass is 14.9. The number of aryl methyl sites for hydroxylation is 2. The highest BCUT2D eigenvalue weighted by Crippen LogP contribution is 2.24. The number of benzene rings is 1. The van der Waals surface area contributed by atoms with E-state index in [1.54, 1.807) is 0 Å². The first kappa shape index (κ1) is 14.7. The maximum atomic E-state index is 5.89. The largest absolute Gasteiger partial charge is 0.330 e. The molecule has 3 heteroatoms. The van der Waals surface area contributed by atoms with Gasteiger partial charge in [-0.3, -0.25) is 0 Å². The van der Waals surface area contributed by atoms with Gasteiger partial charge < -0.3 is 5.73 Å². The quantitative estimate of drug-likeness (QED) is 0.924. The molecule has 0 fully saturated rings. The molecule has 106 valence electrons. The van der Waals surface area contributed by atoms with Crippen LogP contribution in [0.5, 0.6) is 0 Å². The molecule has 1 heterocycles. The third-order valence-corrected chi connectivity index (χ3v) is 3.58. The molecule has 0 saturated heterocycles. The Morgan fingerprint density at radius 3 is 2.45 bits per heavy atom. The van der Waals surface area contributed by atoms with Crippen LogP contribution in [-0.2, 0) is 0 Å². The summed E-state index contributed by atoms with van der Waals surface area (Å²) in [7, 11) is 0. The molecule has 1 atom stereocenters. The van der Waals surface area contributed by atoms with Crippen molar-refractivity contribution in [1.29, 1.82) is 0 Å². The predicted octanol–water partition coefficient (Wildman–Crippen LogP) is 3.46. The van der Waals surface area contributed by atoms with Gasteiger partial charge in [0.15, 0.2) is 0 Å². The van der Waals surface area contributed by atoms with Crippen molar-refractivity contribution in [3.63, 3.8) is 0 Å². The molecule has 2 aromatic rings. The summed E-state index contributed by atoms with van der Waals surface area (Å²) in [6.07, 6.45) is 0. The molecule has 0 radical (unpaired) electrons. The molecular formula is C17H23N3. The summed E-state index contributed by atoms with van der Waals surface area (Å²) in [5.74, 6) is 1.50. The van der Waals surface area contributed by atoms with E-state index in [1.165, 1.54) is 5.56 Å². The lowest BCUT2D eigenvalue weighted by Gasteiger charge is -2.18. The molecule has 0 amide bonds. The molecule has 0 bridgehead atoms. The first-order valence-corrected chi connectivity index (χ1v) is 7.14. The van der Waals surface area contributed by atoms with Crippen LogP contribution < -0.4 is 5.73 Å². The smallest absolute Gasteiger partial charge is 0.133 e. The van der Waals surface area contributed by atoms with Crippen molar-refractivity contribution in [3.8, 4) is 11.3 Å². The summed E-state index contributed by atoms with van der Waals surface area (Å²) >= 11 is 0. The summed E-state index contributed by atoms with van der Waals surface area (Å²) in [6.45, 7) is 9.01. The van der Waals surface area contributed by atoms with Crippen molar-refractivity contribution in [1.82, 2.24) is 9.97 Å². The van der Waals surface area contributed by atoms with Crippen LogP contribution >= 0.6 is 0 Å². The van der Waals surface area contributed by atoms with Crippen molar-refractivity contribution in [2.75, 3.05) is 6.54 Å². The Morgan fingerprint density at radius 1 is 1.10 bits per heavy atom. The second kappa shape index (κ2) is 6.14. The molecule has 0 saturated carbocycles. The first-order chi connectivity index (χ1) is 9.51. The van der Waals surface area contributed by atoms with Crippen LogP contribution in [0.2, 0.25) is 0 Å². The minimum Gasteiger partial charge on any atom is -0.330 e. The van der Waals surface area contributed by atoms with Gasteiger partial charge in [-0.2, -0.15) is 0 Å². The van der Waals surface area contributed by atoms with Gasteiger partial charge in [-0.25, -0.2) is 9.97 Å². The van der Waals surface area contributed by atoms with Crippen molar-refractivity contribution in [2.45, 2.75) is 33.6 Å². The number of hydrogen-bond donors (Lipinski definition) is 1. The zero-order valence-corrected chi connectivity index (χ0v) is 12.7. The molecule has 0 spiro atoms. The van der Waals surface area contributed by atoms with Crippen LogP contribution in [0.15, 0.2) is 30.3 Å². The summed E-state index contributed by atoms with van der Waals surface area (Å²) in [5.41, 5.74) is 10.2. The zero-order chi connectivity index (χ0) is 14.7. The third-order valence-electron chi connectivity index (χ3n) is 3.58.